The van der Waals surface area contributed by atoms with Crippen molar-refractivity contribution in [2.45, 2.75) is 51.2 Å². The Bertz CT molecular complexity index is 442. The van der Waals surface area contributed by atoms with Crippen molar-refractivity contribution in [3.63, 3.8) is 0 Å². The molecular weight excluding hydrogens is 250 g/mol. The fraction of sp³-hybridized carbons (Fsp3) is 0.647. The van der Waals surface area contributed by atoms with E-state index in [9.17, 15) is 0 Å². The highest BCUT2D eigenvalue weighted by Gasteiger charge is 2.41. The van der Waals surface area contributed by atoms with Gasteiger partial charge in [0.2, 0.25) is 0 Å². The van der Waals surface area contributed by atoms with E-state index in [0.717, 1.165) is 38.1 Å². The maximum Gasteiger partial charge on any atom is 0.122 e. The lowest BCUT2D eigenvalue weighted by Gasteiger charge is -2.47. The Morgan fingerprint density at radius 3 is 2.55 bits per heavy atom. The Hall–Kier alpha value is -1.06. The molecule has 1 aromatic rings. The van der Waals surface area contributed by atoms with Crippen molar-refractivity contribution in [3.05, 3.63) is 29.8 Å². The zero-order valence-corrected chi connectivity index (χ0v) is 13.2. The number of benzene rings is 1. The summed E-state index contributed by atoms with van der Waals surface area (Å²) in [5.74, 6) is 0.946. The highest BCUT2D eigenvalue weighted by atomic mass is 16.5. The van der Waals surface area contributed by atoms with Crippen molar-refractivity contribution in [3.8, 4) is 5.75 Å². The second-order valence-corrected chi connectivity index (χ2v) is 6.03. The first-order valence-corrected chi connectivity index (χ1v) is 7.59. The Kier molecular flexibility index (Phi) is 4.71. The van der Waals surface area contributed by atoms with Crippen molar-refractivity contribution in [1.82, 2.24) is 5.32 Å². The van der Waals surface area contributed by atoms with Crippen LogP contribution in [0.4, 0.5) is 0 Å². The summed E-state index contributed by atoms with van der Waals surface area (Å²) in [5.41, 5.74) is 0.996. The number of morpholine rings is 1. The van der Waals surface area contributed by atoms with Gasteiger partial charge in [0, 0.05) is 19.5 Å². The second kappa shape index (κ2) is 6.15. The lowest BCUT2D eigenvalue weighted by Crippen LogP contribution is -2.59. The quantitative estimate of drug-likeness (QED) is 0.896. The van der Waals surface area contributed by atoms with E-state index in [1.807, 2.05) is 12.1 Å². The summed E-state index contributed by atoms with van der Waals surface area (Å²) in [6, 6.07) is 8.21. The summed E-state index contributed by atoms with van der Waals surface area (Å²) in [5, 5.41) is 3.56. The number of ether oxygens (including phenoxy) is 2. The molecule has 0 bridgehead atoms. The minimum atomic E-state index is -0.182. The lowest BCUT2D eigenvalue weighted by molar-refractivity contribution is -0.172. The van der Waals surface area contributed by atoms with Crippen LogP contribution >= 0.6 is 0 Å². The topological polar surface area (TPSA) is 30.5 Å². The first-order chi connectivity index (χ1) is 9.56. The van der Waals surface area contributed by atoms with Crippen molar-refractivity contribution >= 4 is 0 Å². The van der Waals surface area contributed by atoms with Gasteiger partial charge in [0.05, 0.1) is 18.3 Å². The van der Waals surface area contributed by atoms with E-state index < -0.39 is 0 Å². The van der Waals surface area contributed by atoms with Crippen molar-refractivity contribution in [1.29, 1.82) is 0 Å². The standard InChI is InChI=1S/C17H27NO2/c1-5-17(6-2)13-18-12-16(3,20-17)11-14-9-7-8-10-15(14)19-4/h7-10,18H,5-6,11-13H2,1-4H3. The molecule has 1 N–H and O–H groups in total. The predicted molar refractivity (Wildman–Crippen MR) is 82.4 cm³/mol. The number of hydrogen-bond donors (Lipinski definition) is 1. The first kappa shape index (κ1) is 15.3. The van der Waals surface area contributed by atoms with Crippen LogP contribution in [0.15, 0.2) is 24.3 Å². The van der Waals surface area contributed by atoms with E-state index in [1.165, 1.54) is 5.56 Å². The minimum absolute atomic E-state index is 0.0327. The van der Waals surface area contributed by atoms with Gasteiger partial charge in [-0.3, -0.25) is 0 Å². The molecule has 0 spiro atoms. The van der Waals surface area contributed by atoms with Crippen LogP contribution in [-0.4, -0.2) is 31.4 Å². The third kappa shape index (κ3) is 3.15. The summed E-state index contributed by atoms with van der Waals surface area (Å²) in [4.78, 5) is 0. The zero-order chi connectivity index (χ0) is 14.6. The van der Waals surface area contributed by atoms with Gasteiger partial charge in [-0.2, -0.15) is 0 Å². The summed E-state index contributed by atoms with van der Waals surface area (Å²) in [6.45, 7) is 8.44. The molecule has 0 aromatic heterocycles. The molecule has 1 fully saturated rings. The predicted octanol–water partition coefficient (Wildman–Crippen LogP) is 3.18. The Labute approximate surface area is 122 Å². The van der Waals surface area contributed by atoms with Crippen LogP contribution in [0.25, 0.3) is 0 Å². The fourth-order valence-corrected chi connectivity index (χ4v) is 3.14. The molecule has 1 heterocycles. The number of para-hydroxylation sites is 1. The average molecular weight is 277 g/mol. The molecule has 2 rings (SSSR count). The van der Waals surface area contributed by atoms with E-state index in [0.29, 0.717) is 0 Å². The summed E-state index contributed by atoms with van der Waals surface area (Å²) < 4.78 is 12.0. The molecular formula is C17H27NO2. The third-order valence-electron chi connectivity index (χ3n) is 4.45. The third-order valence-corrected chi connectivity index (χ3v) is 4.45. The van der Waals surface area contributed by atoms with Crippen LogP contribution in [0.2, 0.25) is 0 Å². The number of nitrogens with one attached hydrogen (secondary N) is 1. The minimum Gasteiger partial charge on any atom is -0.496 e. The molecule has 1 saturated heterocycles. The highest BCUT2D eigenvalue weighted by Crippen LogP contribution is 2.33. The molecule has 0 aliphatic carbocycles. The van der Waals surface area contributed by atoms with E-state index in [4.69, 9.17) is 9.47 Å². The molecule has 1 aliphatic heterocycles. The molecule has 20 heavy (non-hydrogen) atoms. The van der Waals surface area contributed by atoms with Gasteiger partial charge >= 0.3 is 0 Å². The van der Waals surface area contributed by atoms with Gasteiger partial charge in [0.1, 0.15) is 5.75 Å². The molecule has 1 atom stereocenters. The Morgan fingerprint density at radius 2 is 1.90 bits per heavy atom. The highest BCUT2D eigenvalue weighted by molar-refractivity contribution is 5.34. The summed E-state index contributed by atoms with van der Waals surface area (Å²) in [7, 11) is 1.73. The molecule has 0 amide bonds. The lowest BCUT2D eigenvalue weighted by atomic mass is 9.88. The molecule has 3 nitrogen and oxygen atoms in total. The molecule has 1 aromatic carbocycles. The van der Waals surface area contributed by atoms with E-state index >= 15 is 0 Å². The largest absolute Gasteiger partial charge is 0.496 e. The average Bonchev–Trinajstić information content (AvgIpc) is 2.47. The molecule has 112 valence electrons. The smallest absolute Gasteiger partial charge is 0.122 e. The van der Waals surface area contributed by atoms with Crippen LogP contribution in [0, 0.1) is 0 Å². The second-order valence-electron chi connectivity index (χ2n) is 6.03. The number of methoxy groups -OCH3 is 1. The molecule has 0 saturated carbocycles. The van der Waals surface area contributed by atoms with Gasteiger partial charge in [-0.05, 0) is 31.4 Å². The Morgan fingerprint density at radius 1 is 1.20 bits per heavy atom. The van der Waals surface area contributed by atoms with Crippen LogP contribution in [0.1, 0.15) is 39.2 Å². The fourth-order valence-electron chi connectivity index (χ4n) is 3.14. The SMILES string of the molecule is CCC1(CC)CNCC(C)(Cc2ccccc2OC)O1. The monoisotopic (exact) mass is 277 g/mol. The van der Waals surface area contributed by atoms with Crippen molar-refractivity contribution in [2.75, 3.05) is 20.2 Å². The number of rotatable bonds is 5. The van der Waals surface area contributed by atoms with E-state index in [2.05, 4.69) is 38.2 Å². The molecule has 1 aliphatic rings. The maximum atomic E-state index is 6.55. The van der Waals surface area contributed by atoms with Crippen molar-refractivity contribution < 1.29 is 9.47 Å². The molecule has 1 unspecified atom stereocenters. The van der Waals surface area contributed by atoms with Gasteiger partial charge in [-0.25, -0.2) is 0 Å². The van der Waals surface area contributed by atoms with E-state index in [1.54, 1.807) is 7.11 Å². The zero-order valence-electron chi connectivity index (χ0n) is 13.2. The maximum absolute atomic E-state index is 6.55. The normalized spacial score (nSPS) is 25.4. The van der Waals surface area contributed by atoms with Gasteiger partial charge < -0.3 is 14.8 Å². The van der Waals surface area contributed by atoms with Gasteiger partial charge in [-0.1, -0.05) is 32.0 Å². The first-order valence-electron chi connectivity index (χ1n) is 7.59. The van der Waals surface area contributed by atoms with Gasteiger partial charge in [-0.15, -0.1) is 0 Å². The van der Waals surface area contributed by atoms with E-state index in [-0.39, 0.29) is 11.2 Å². The van der Waals surface area contributed by atoms with Gasteiger partial charge in [0.15, 0.2) is 0 Å². The van der Waals surface area contributed by atoms with Crippen LogP contribution in [-0.2, 0) is 11.2 Å². The number of hydrogen-bond acceptors (Lipinski definition) is 3. The van der Waals surface area contributed by atoms with Crippen molar-refractivity contribution in [2.24, 2.45) is 0 Å². The summed E-state index contributed by atoms with van der Waals surface area (Å²) >= 11 is 0. The Balaban J connectivity index is 2.18. The molecule has 0 radical (unpaired) electrons. The van der Waals surface area contributed by atoms with Gasteiger partial charge in [0.25, 0.3) is 0 Å². The summed E-state index contributed by atoms with van der Waals surface area (Å²) in [6.07, 6.45) is 2.95. The van der Waals surface area contributed by atoms with Crippen LogP contribution in [0.5, 0.6) is 5.75 Å². The van der Waals surface area contributed by atoms with Crippen LogP contribution < -0.4 is 10.1 Å². The molecule has 3 heteroatoms. The van der Waals surface area contributed by atoms with Crippen LogP contribution in [0.3, 0.4) is 0 Å².